The molecule has 0 spiro atoms. The number of hydrogen-bond acceptors (Lipinski definition) is 4. The molecule has 4 rings (SSSR count). The van der Waals surface area contributed by atoms with Crippen LogP contribution in [0.1, 0.15) is 5.56 Å². The monoisotopic (exact) mass is 308 g/mol. The molecule has 0 amide bonds. The summed E-state index contributed by atoms with van der Waals surface area (Å²) in [4.78, 5) is 2.37. The molecule has 3 aromatic rings. The number of aromatic amines is 1. The van der Waals surface area contributed by atoms with E-state index in [0.717, 1.165) is 49.4 Å². The van der Waals surface area contributed by atoms with Crippen LogP contribution >= 0.6 is 0 Å². The first-order chi connectivity index (χ1) is 11.4. The number of para-hydroxylation sites is 1. The molecule has 118 valence electrons. The summed E-state index contributed by atoms with van der Waals surface area (Å²) >= 11 is 0. The lowest BCUT2D eigenvalue weighted by Crippen LogP contribution is -2.36. The Bertz CT molecular complexity index is 792. The maximum Gasteiger partial charge on any atom is 0.0700 e. The number of hydrogen-bond donors (Lipinski definition) is 2. The highest BCUT2D eigenvalue weighted by molar-refractivity contribution is 5.81. The first kappa shape index (κ1) is 14.1. The Morgan fingerprint density at radius 1 is 1.13 bits per heavy atom. The smallest absolute Gasteiger partial charge is 0.0700 e. The summed E-state index contributed by atoms with van der Waals surface area (Å²) in [6.07, 6.45) is 1.86. The van der Waals surface area contributed by atoms with Gasteiger partial charge < -0.3 is 15.0 Å². The van der Waals surface area contributed by atoms with Crippen molar-refractivity contribution in [3.63, 3.8) is 0 Å². The summed E-state index contributed by atoms with van der Waals surface area (Å²) in [6.45, 7) is 4.29. The average Bonchev–Trinajstić information content (AvgIpc) is 3.10. The van der Waals surface area contributed by atoms with E-state index >= 15 is 0 Å². The third-order valence-electron chi connectivity index (χ3n) is 4.27. The van der Waals surface area contributed by atoms with Crippen LogP contribution in [0.3, 0.4) is 0 Å². The zero-order chi connectivity index (χ0) is 15.5. The summed E-state index contributed by atoms with van der Waals surface area (Å²) in [6, 6.07) is 14.8. The van der Waals surface area contributed by atoms with Crippen molar-refractivity contribution in [2.24, 2.45) is 0 Å². The molecule has 1 fully saturated rings. The van der Waals surface area contributed by atoms with E-state index in [1.54, 1.807) is 0 Å². The second-order valence-electron chi connectivity index (χ2n) is 5.75. The number of rotatable bonds is 4. The minimum Gasteiger partial charge on any atom is -0.381 e. The quantitative estimate of drug-likeness (QED) is 0.778. The van der Waals surface area contributed by atoms with E-state index in [1.165, 1.54) is 11.3 Å². The van der Waals surface area contributed by atoms with Crippen LogP contribution in [0, 0.1) is 0 Å². The molecule has 0 bridgehead atoms. The molecule has 0 radical (unpaired) electrons. The molecule has 5 nitrogen and oxygen atoms in total. The van der Waals surface area contributed by atoms with Crippen LogP contribution in [0.4, 0.5) is 11.4 Å². The molecule has 23 heavy (non-hydrogen) atoms. The largest absolute Gasteiger partial charge is 0.381 e. The Balaban J connectivity index is 1.49. The van der Waals surface area contributed by atoms with Crippen LogP contribution in [-0.2, 0) is 11.3 Å². The highest BCUT2D eigenvalue weighted by Gasteiger charge is 2.11. The van der Waals surface area contributed by atoms with Crippen LogP contribution in [0.2, 0.25) is 0 Å². The number of nitrogens with zero attached hydrogens (tertiary/aromatic N) is 2. The van der Waals surface area contributed by atoms with Gasteiger partial charge in [0.1, 0.15) is 0 Å². The number of nitrogens with one attached hydrogen (secondary N) is 2. The first-order valence-electron chi connectivity index (χ1n) is 7.98. The van der Waals surface area contributed by atoms with Crippen LogP contribution in [0.15, 0.2) is 48.7 Å². The van der Waals surface area contributed by atoms with Gasteiger partial charge in [0.25, 0.3) is 0 Å². The third-order valence-corrected chi connectivity index (χ3v) is 4.27. The zero-order valence-corrected chi connectivity index (χ0v) is 13.0. The number of morpholine rings is 1. The topological polar surface area (TPSA) is 53.2 Å². The molecular weight excluding hydrogens is 288 g/mol. The molecule has 0 atom stereocenters. The first-order valence-corrected chi connectivity index (χ1v) is 7.98. The summed E-state index contributed by atoms with van der Waals surface area (Å²) in [5.41, 5.74) is 4.70. The Morgan fingerprint density at radius 2 is 2.00 bits per heavy atom. The Hall–Kier alpha value is -2.53. The Morgan fingerprint density at radius 3 is 2.91 bits per heavy atom. The van der Waals surface area contributed by atoms with E-state index < -0.39 is 0 Å². The molecular formula is C18H20N4O. The van der Waals surface area contributed by atoms with Gasteiger partial charge in [0.2, 0.25) is 0 Å². The van der Waals surface area contributed by atoms with E-state index in [2.05, 4.69) is 62.9 Å². The predicted octanol–water partition coefficient (Wildman–Crippen LogP) is 3.01. The van der Waals surface area contributed by atoms with Crippen molar-refractivity contribution in [2.45, 2.75) is 6.54 Å². The summed E-state index contributed by atoms with van der Waals surface area (Å²) in [7, 11) is 0. The second-order valence-corrected chi connectivity index (χ2v) is 5.75. The van der Waals surface area contributed by atoms with Gasteiger partial charge in [-0.3, -0.25) is 5.10 Å². The van der Waals surface area contributed by atoms with Gasteiger partial charge in [0, 0.05) is 36.4 Å². The maximum atomic E-state index is 5.42. The lowest BCUT2D eigenvalue weighted by molar-refractivity contribution is 0.122. The van der Waals surface area contributed by atoms with Crippen LogP contribution in [0.25, 0.3) is 10.9 Å². The van der Waals surface area contributed by atoms with E-state index in [0.29, 0.717) is 0 Å². The minimum atomic E-state index is 0.770. The molecule has 1 aliphatic heterocycles. The van der Waals surface area contributed by atoms with E-state index in [4.69, 9.17) is 4.74 Å². The van der Waals surface area contributed by atoms with Gasteiger partial charge in [0.05, 0.1) is 24.9 Å². The predicted molar refractivity (Wildman–Crippen MR) is 92.9 cm³/mol. The van der Waals surface area contributed by atoms with Crippen molar-refractivity contribution in [2.75, 3.05) is 36.5 Å². The summed E-state index contributed by atoms with van der Waals surface area (Å²) in [5, 5.41) is 11.9. The minimum absolute atomic E-state index is 0.770. The number of ether oxygens (including phenoxy) is 1. The molecule has 0 unspecified atom stereocenters. The lowest BCUT2D eigenvalue weighted by Gasteiger charge is -2.29. The number of anilines is 2. The molecule has 5 heteroatoms. The van der Waals surface area contributed by atoms with Gasteiger partial charge in [-0.15, -0.1) is 0 Å². The Kier molecular flexibility index (Phi) is 3.86. The highest BCUT2D eigenvalue weighted by atomic mass is 16.5. The summed E-state index contributed by atoms with van der Waals surface area (Å²) < 4.78 is 5.42. The van der Waals surface area contributed by atoms with Crippen LogP contribution in [0.5, 0.6) is 0 Å². The van der Waals surface area contributed by atoms with Gasteiger partial charge >= 0.3 is 0 Å². The van der Waals surface area contributed by atoms with E-state index in [1.807, 2.05) is 6.20 Å². The van der Waals surface area contributed by atoms with Gasteiger partial charge in [-0.05, 0) is 23.8 Å². The fourth-order valence-corrected chi connectivity index (χ4v) is 3.01. The van der Waals surface area contributed by atoms with Crippen molar-refractivity contribution < 1.29 is 4.74 Å². The standard InChI is InChI=1S/C18H20N4O/c1-3-14(18-15(4-1)13-20-21-18)12-19-16-5-2-6-17(11-16)22-7-9-23-10-8-22/h1-6,11,13,19H,7-10,12H2,(H,20,21). The third kappa shape index (κ3) is 3.00. The summed E-state index contributed by atoms with van der Waals surface area (Å²) in [5.74, 6) is 0. The normalized spacial score (nSPS) is 15.0. The van der Waals surface area contributed by atoms with Gasteiger partial charge in [0.15, 0.2) is 0 Å². The molecule has 1 aliphatic rings. The number of benzene rings is 2. The second kappa shape index (κ2) is 6.30. The van der Waals surface area contributed by atoms with Crippen LogP contribution in [-0.4, -0.2) is 36.5 Å². The molecule has 2 N–H and O–H groups in total. The number of H-pyrrole nitrogens is 1. The van der Waals surface area contributed by atoms with Crippen molar-refractivity contribution in [3.8, 4) is 0 Å². The molecule has 0 saturated carbocycles. The SMILES string of the molecule is c1cc(NCc2cccc3cn[nH]c23)cc(N2CCOCC2)c1. The molecule has 2 heterocycles. The lowest BCUT2D eigenvalue weighted by atomic mass is 10.1. The Labute approximate surface area is 135 Å². The van der Waals surface area contributed by atoms with Crippen LogP contribution < -0.4 is 10.2 Å². The van der Waals surface area contributed by atoms with Crippen molar-refractivity contribution in [3.05, 3.63) is 54.2 Å². The number of aromatic nitrogens is 2. The number of fused-ring (bicyclic) bond motifs is 1. The fraction of sp³-hybridized carbons (Fsp3) is 0.278. The fourth-order valence-electron chi connectivity index (χ4n) is 3.01. The van der Waals surface area contributed by atoms with Gasteiger partial charge in [-0.2, -0.15) is 5.10 Å². The van der Waals surface area contributed by atoms with Crippen molar-refractivity contribution in [1.82, 2.24) is 10.2 Å². The zero-order valence-electron chi connectivity index (χ0n) is 13.0. The maximum absolute atomic E-state index is 5.42. The van der Waals surface area contributed by atoms with Crippen molar-refractivity contribution >= 4 is 22.3 Å². The van der Waals surface area contributed by atoms with Gasteiger partial charge in [-0.1, -0.05) is 24.3 Å². The van der Waals surface area contributed by atoms with Crippen molar-refractivity contribution in [1.29, 1.82) is 0 Å². The average molecular weight is 308 g/mol. The van der Waals surface area contributed by atoms with Gasteiger partial charge in [-0.25, -0.2) is 0 Å². The molecule has 2 aromatic carbocycles. The van der Waals surface area contributed by atoms with E-state index in [9.17, 15) is 0 Å². The highest BCUT2D eigenvalue weighted by Crippen LogP contribution is 2.22. The molecule has 0 aliphatic carbocycles. The molecule has 1 saturated heterocycles. The molecule has 1 aromatic heterocycles. The van der Waals surface area contributed by atoms with E-state index in [-0.39, 0.29) is 0 Å².